The van der Waals surface area contributed by atoms with Gasteiger partial charge in [-0.05, 0) is 43.3 Å². The third kappa shape index (κ3) is 6.17. The van der Waals surface area contributed by atoms with Gasteiger partial charge in [0.1, 0.15) is 6.10 Å². The van der Waals surface area contributed by atoms with Crippen molar-refractivity contribution in [2.24, 2.45) is 0 Å². The number of benzene rings is 2. The highest BCUT2D eigenvalue weighted by molar-refractivity contribution is 7.92. The number of sulfonamides is 1. The summed E-state index contributed by atoms with van der Waals surface area (Å²) in [5.74, 6) is -1.48. The van der Waals surface area contributed by atoms with Gasteiger partial charge < -0.3 is 15.7 Å². The zero-order chi connectivity index (χ0) is 29.4. The lowest BCUT2D eigenvalue weighted by molar-refractivity contribution is -0.137. The third-order valence-electron chi connectivity index (χ3n) is 5.96. The molecule has 1 aliphatic rings. The number of pyridine rings is 1. The average molecular weight is 617 g/mol. The molecule has 2 heterocycles. The number of alkyl halides is 3. The highest BCUT2D eigenvalue weighted by Crippen LogP contribution is 2.36. The summed E-state index contributed by atoms with van der Waals surface area (Å²) < 4.78 is 68.2. The minimum Gasteiger partial charge on any atom is -0.384 e. The number of aliphatic hydroxyl groups is 1. The molecule has 0 spiro atoms. The van der Waals surface area contributed by atoms with Crippen molar-refractivity contribution in [2.75, 3.05) is 16.2 Å². The van der Waals surface area contributed by atoms with Crippen molar-refractivity contribution < 1.29 is 36.3 Å². The number of halogens is 5. The van der Waals surface area contributed by atoms with E-state index < -0.39 is 50.6 Å². The first kappa shape index (κ1) is 29.6. The van der Waals surface area contributed by atoms with Crippen molar-refractivity contribution in [1.29, 1.82) is 0 Å². The van der Waals surface area contributed by atoms with Crippen molar-refractivity contribution in [3.63, 3.8) is 0 Å². The molecule has 0 fully saturated rings. The number of amides is 2. The summed E-state index contributed by atoms with van der Waals surface area (Å²) in [6.07, 6.45) is -4.90. The maximum atomic E-state index is 13.7. The Balaban J connectivity index is 1.76. The van der Waals surface area contributed by atoms with Crippen LogP contribution in [0.5, 0.6) is 0 Å². The summed E-state index contributed by atoms with van der Waals surface area (Å²) >= 11 is 12.2. The van der Waals surface area contributed by atoms with Gasteiger partial charge in [-0.25, -0.2) is 8.42 Å². The quantitative estimate of drug-likeness (QED) is 0.379. The molecule has 40 heavy (non-hydrogen) atoms. The van der Waals surface area contributed by atoms with Gasteiger partial charge in [0, 0.05) is 6.42 Å². The van der Waals surface area contributed by atoms with E-state index in [0.717, 1.165) is 22.5 Å². The van der Waals surface area contributed by atoms with E-state index in [9.17, 15) is 36.3 Å². The van der Waals surface area contributed by atoms with Crippen molar-refractivity contribution in [3.8, 4) is 0 Å². The average Bonchev–Trinajstić information content (AvgIpc) is 2.87. The van der Waals surface area contributed by atoms with Gasteiger partial charge in [-0.15, -0.1) is 0 Å². The summed E-state index contributed by atoms with van der Waals surface area (Å²) in [5, 5.41) is 14.8. The number of hydrogen-bond donors (Lipinski definition) is 3. The number of fused-ring (bicyclic) bond motifs is 1. The number of aromatic nitrogens is 1. The minimum absolute atomic E-state index is 0.0250. The van der Waals surface area contributed by atoms with E-state index in [-0.39, 0.29) is 45.6 Å². The topological polar surface area (TPSA) is 129 Å². The monoisotopic (exact) mass is 616 g/mol. The van der Waals surface area contributed by atoms with Crippen LogP contribution in [0.25, 0.3) is 0 Å². The number of aliphatic hydroxyl groups excluding tert-OH is 1. The first-order chi connectivity index (χ1) is 18.7. The zero-order valence-corrected chi connectivity index (χ0v) is 22.9. The number of hydrogen-bond acceptors (Lipinski definition) is 6. The molecule has 15 heteroatoms. The van der Waals surface area contributed by atoms with Crippen molar-refractivity contribution >= 4 is 56.4 Å². The third-order valence-corrected chi connectivity index (χ3v) is 8.37. The van der Waals surface area contributed by atoms with Crippen LogP contribution in [0.2, 0.25) is 10.0 Å². The summed E-state index contributed by atoms with van der Waals surface area (Å²) in [6.45, 7) is 0.834. The van der Waals surface area contributed by atoms with Crippen LogP contribution in [0.4, 0.5) is 24.5 Å². The van der Waals surface area contributed by atoms with Crippen LogP contribution in [-0.2, 0) is 27.4 Å². The summed E-state index contributed by atoms with van der Waals surface area (Å²) in [6, 6.07) is 8.11. The Morgan fingerprint density at radius 2 is 1.77 bits per heavy atom. The molecule has 0 bridgehead atoms. The fourth-order valence-electron chi connectivity index (χ4n) is 4.03. The molecule has 0 saturated carbocycles. The molecule has 2 aromatic carbocycles. The molecule has 9 nitrogen and oxygen atoms in total. The second kappa shape index (κ2) is 11.2. The largest absolute Gasteiger partial charge is 0.416 e. The second-order valence-electron chi connectivity index (χ2n) is 8.89. The Kier molecular flexibility index (Phi) is 8.31. The molecule has 3 N–H and O–H groups in total. The van der Waals surface area contributed by atoms with Crippen molar-refractivity contribution in [2.45, 2.75) is 36.6 Å². The van der Waals surface area contributed by atoms with E-state index in [2.05, 4.69) is 15.6 Å². The van der Waals surface area contributed by atoms with Gasteiger partial charge in [0.2, 0.25) is 5.91 Å². The van der Waals surface area contributed by atoms with Crippen LogP contribution < -0.4 is 14.9 Å². The first-order valence-corrected chi connectivity index (χ1v) is 13.8. The zero-order valence-electron chi connectivity index (χ0n) is 20.5. The SMILES string of the molecule is C[C@H](O)C(=O)N[C@@H]1Cc2ncc(NC(=O)c3c(Cl)cccc3Cl)cc2N(S(=O)(=O)c2cccc(C(F)(F)F)c2)C1. The van der Waals surface area contributed by atoms with Crippen LogP contribution >= 0.6 is 23.2 Å². The lowest BCUT2D eigenvalue weighted by Gasteiger charge is -2.35. The number of carbonyl (C=O) groups is 2. The molecule has 2 atom stereocenters. The summed E-state index contributed by atoms with van der Waals surface area (Å²) in [5.41, 5.74) is -0.997. The van der Waals surface area contributed by atoms with Gasteiger partial charge in [-0.2, -0.15) is 13.2 Å². The van der Waals surface area contributed by atoms with E-state index in [1.165, 1.54) is 31.3 Å². The van der Waals surface area contributed by atoms with Gasteiger partial charge in [0.05, 0.1) is 61.9 Å². The number of nitrogens with zero attached hydrogens (tertiary/aromatic N) is 2. The summed E-state index contributed by atoms with van der Waals surface area (Å²) in [7, 11) is -4.63. The van der Waals surface area contributed by atoms with Crippen LogP contribution in [-0.4, -0.2) is 49.0 Å². The van der Waals surface area contributed by atoms with Crippen LogP contribution in [0.1, 0.15) is 28.5 Å². The molecule has 0 saturated heterocycles. The highest BCUT2D eigenvalue weighted by Gasteiger charge is 2.37. The van der Waals surface area contributed by atoms with Gasteiger partial charge in [-0.3, -0.25) is 18.9 Å². The smallest absolute Gasteiger partial charge is 0.384 e. The molecule has 0 unspecified atom stereocenters. The molecule has 2 amide bonds. The predicted molar refractivity (Wildman–Crippen MR) is 142 cm³/mol. The lowest BCUT2D eigenvalue weighted by Crippen LogP contribution is -2.52. The molecule has 1 aliphatic heterocycles. The molecule has 4 rings (SSSR count). The standard InChI is InChI=1S/C25H21Cl2F3N4O5S/c1-13(35)23(36)33-16-9-20-21(10-15(11-31-20)32-24(37)22-18(26)6-3-7-19(22)27)34(12-16)40(38,39)17-5-2-4-14(8-17)25(28,29)30/h2-8,10-11,13,16,35H,9,12H2,1H3,(H,32,37)(H,33,36)/t13-,16+/m0/s1. The number of rotatable bonds is 6. The van der Waals surface area contributed by atoms with E-state index >= 15 is 0 Å². The Morgan fingerprint density at radius 1 is 1.12 bits per heavy atom. The van der Waals surface area contributed by atoms with Gasteiger partial charge in [0.25, 0.3) is 15.9 Å². The first-order valence-electron chi connectivity index (χ1n) is 11.6. The maximum absolute atomic E-state index is 13.7. The highest BCUT2D eigenvalue weighted by atomic mass is 35.5. The Labute approximate surface area is 237 Å². The lowest BCUT2D eigenvalue weighted by atomic mass is 10.0. The Morgan fingerprint density at radius 3 is 2.40 bits per heavy atom. The fraction of sp³-hybridized carbons (Fsp3) is 0.240. The molecule has 212 valence electrons. The van der Waals surface area contributed by atoms with Gasteiger partial charge in [0.15, 0.2) is 0 Å². The van der Waals surface area contributed by atoms with E-state index in [4.69, 9.17) is 23.2 Å². The second-order valence-corrected chi connectivity index (χ2v) is 11.6. The summed E-state index contributed by atoms with van der Waals surface area (Å²) in [4.78, 5) is 28.6. The van der Waals surface area contributed by atoms with E-state index in [0.29, 0.717) is 6.07 Å². The van der Waals surface area contributed by atoms with Crippen molar-refractivity contribution in [1.82, 2.24) is 10.3 Å². The molecule has 3 aromatic rings. The normalized spacial score (nSPS) is 16.2. The molecule has 0 aliphatic carbocycles. The number of nitrogens with one attached hydrogen (secondary N) is 2. The Hall–Kier alpha value is -3.39. The fourth-order valence-corrected chi connectivity index (χ4v) is 6.18. The predicted octanol–water partition coefficient (Wildman–Crippen LogP) is 4.28. The molecular formula is C25H21Cl2F3N4O5S. The van der Waals surface area contributed by atoms with Crippen LogP contribution in [0.3, 0.4) is 0 Å². The van der Waals surface area contributed by atoms with Gasteiger partial charge in [-0.1, -0.05) is 35.3 Å². The molecule has 1 aromatic heterocycles. The van der Waals surface area contributed by atoms with Gasteiger partial charge >= 0.3 is 6.18 Å². The number of anilines is 2. The van der Waals surface area contributed by atoms with Crippen LogP contribution in [0.15, 0.2) is 59.6 Å². The molecule has 0 radical (unpaired) electrons. The van der Waals surface area contributed by atoms with Crippen LogP contribution in [0, 0.1) is 0 Å². The number of carbonyl (C=O) groups excluding carboxylic acids is 2. The maximum Gasteiger partial charge on any atom is 0.416 e. The van der Waals surface area contributed by atoms with Crippen molar-refractivity contribution in [3.05, 3.63) is 81.6 Å². The Bertz CT molecular complexity index is 1560. The molecular weight excluding hydrogens is 596 g/mol. The van der Waals surface area contributed by atoms with E-state index in [1.807, 2.05) is 0 Å². The minimum atomic E-state index is -4.79. The van der Waals surface area contributed by atoms with E-state index in [1.54, 1.807) is 6.07 Å².